The fourth-order valence-electron chi connectivity index (χ4n) is 2.47. The highest BCUT2D eigenvalue weighted by molar-refractivity contribution is 7.92. The van der Waals surface area contributed by atoms with Crippen molar-refractivity contribution >= 4 is 21.6 Å². The minimum absolute atomic E-state index is 0.117. The van der Waals surface area contributed by atoms with Crippen molar-refractivity contribution in [3.63, 3.8) is 0 Å². The van der Waals surface area contributed by atoms with Gasteiger partial charge in [-0.2, -0.15) is 0 Å². The van der Waals surface area contributed by atoms with E-state index < -0.39 is 10.0 Å². The van der Waals surface area contributed by atoms with Crippen LogP contribution in [0.1, 0.15) is 18.9 Å². The summed E-state index contributed by atoms with van der Waals surface area (Å²) >= 11 is 0. The number of ether oxygens (including phenoxy) is 1. The molecule has 2 aromatic rings. The van der Waals surface area contributed by atoms with E-state index in [4.69, 9.17) is 4.74 Å². The molecule has 6 nitrogen and oxygen atoms in total. The largest absolute Gasteiger partial charge is 0.495 e. The number of hydrogen-bond acceptors (Lipinski definition) is 4. The lowest BCUT2D eigenvalue weighted by Gasteiger charge is -2.26. The molecule has 0 saturated carbocycles. The van der Waals surface area contributed by atoms with E-state index in [-0.39, 0.29) is 17.3 Å². The van der Waals surface area contributed by atoms with Crippen LogP contribution in [0.4, 0.5) is 5.69 Å². The zero-order valence-corrected chi connectivity index (χ0v) is 16.0. The van der Waals surface area contributed by atoms with E-state index in [0.717, 1.165) is 16.3 Å². The summed E-state index contributed by atoms with van der Waals surface area (Å²) < 4.78 is 32.9. The molecule has 0 aliphatic carbocycles. The number of methoxy groups -OCH3 is 1. The van der Waals surface area contributed by atoms with Gasteiger partial charge in [0.15, 0.2) is 0 Å². The van der Waals surface area contributed by atoms with Gasteiger partial charge in [-0.05, 0) is 43.2 Å². The molecule has 0 atom stereocenters. The molecule has 0 aliphatic rings. The Morgan fingerprint density at radius 1 is 1.15 bits per heavy atom. The van der Waals surface area contributed by atoms with E-state index in [1.807, 2.05) is 19.9 Å². The number of sulfonamides is 1. The third-order valence-electron chi connectivity index (χ3n) is 3.79. The fourth-order valence-corrected chi connectivity index (χ4v) is 3.91. The molecular weight excluding hydrogens is 352 g/mol. The number of anilines is 1. The monoisotopic (exact) mass is 376 g/mol. The summed E-state index contributed by atoms with van der Waals surface area (Å²) in [7, 11) is -2.46. The Balaban J connectivity index is 2.53. The lowest BCUT2D eigenvalue weighted by Crippen LogP contribution is -2.41. The van der Waals surface area contributed by atoms with Gasteiger partial charge in [0.05, 0.1) is 17.7 Å². The van der Waals surface area contributed by atoms with Gasteiger partial charge >= 0.3 is 0 Å². The van der Waals surface area contributed by atoms with Crippen LogP contribution < -0.4 is 14.4 Å². The zero-order chi connectivity index (χ0) is 19.2. The first-order chi connectivity index (χ1) is 12.4. The van der Waals surface area contributed by atoms with Crippen LogP contribution in [0.2, 0.25) is 0 Å². The van der Waals surface area contributed by atoms with Crippen LogP contribution in [0.5, 0.6) is 5.75 Å². The number of rotatable bonds is 8. The summed E-state index contributed by atoms with van der Waals surface area (Å²) in [6, 6.07) is 13.3. The lowest BCUT2D eigenvalue weighted by atomic mass is 10.2. The Kier molecular flexibility index (Phi) is 6.63. The van der Waals surface area contributed by atoms with Crippen molar-refractivity contribution in [3.8, 4) is 5.75 Å². The zero-order valence-electron chi connectivity index (χ0n) is 15.2. The maximum atomic E-state index is 13.2. The number of carbonyl (C=O) groups excluding carboxylic acids is 1. The van der Waals surface area contributed by atoms with Crippen molar-refractivity contribution in [2.24, 2.45) is 0 Å². The molecule has 2 aromatic carbocycles. The van der Waals surface area contributed by atoms with Gasteiger partial charge in [-0.15, -0.1) is 0 Å². The van der Waals surface area contributed by atoms with Crippen LogP contribution in [-0.4, -0.2) is 34.5 Å². The van der Waals surface area contributed by atoms with Crippen LogP contribution in [-0.2, 0) is 14.8 Å². The Hall–Kier alpha value is -2.54. The highest BCUT2D eigenvalue weighted by Crippen LogP contribution is 2.33. The third kappa shape index (κ3) is 4.54. The summed E-state index contributed by atoms with van der Waals surface area (Å²) in [6.07, 6.45) is 0.769. The first-order valence-electron chi connectivity index (χ1n) is 8.39. The normalized spacial score (nSPS) is 11.0. The van der Waals surface area contributed by atoms with E-state index in [0.29, 0.717) is 18.0 Å². The highest BCUT2D eigenvalue weighted by atomic mass is 32.2. The van der Waals surface area contributed by atoms with Gasteiger partial charge in [-0.1, -0.05) is 31.2 Å². The van der Waals surface area contributed by atoms with Crippen molar-refractivity contribution in [2.75, 3.05) is 24.5 Å². The molecular formula is C19H24N2O4S. The Morgan fingerprint density at radius 2 is 1.85 bits per heavy atom. The molecule has 0 heterocycles. The first kappa shape index (κ1) is 19.8. The number of nitrogens with zero attached hydrogens (tertiary/aromatic N) is 1. The van der Waals surface area contributed by atoms with Gasteiger partial charge in [-0.3, -0.25) is 9.10 Å². The minimum atomic E-state index is -3.93. The van der Waals surface area contributed by atoms with Crippen LogP contribution in [0.3, 0.4) is 0 Å². The quantitative estimate of drug-likeness (QED) is 0.769. The van der Waals surface area contributed by atoms with Crippen molar-refractivity contribution in [1.82, 2.24) is 5.32 Å². The van der Waals surface area contributed by atoms with Gasteiger partial charge in [0.1, 0.15) is 12.3 Å². The maximum absolute atomic E-state index is 13.2. The topological polar surface area (TPSA) is 75.7 Å². The lowest BCUT2D eigenvalue weighted by molar-refractivity contribution is -0.119. The molecule has 0 spiro atoms. The summed E-state index contributed by atoms with van der Waals surface area (Å²) in [6.45, 7) is 3.95. The van der Waals surface area contributed by atoms with Crippen LogP contribution in [0.15, 0.2) is 53.4 Å². The van der Waals surface area contributed by atoms with Crippen molar-refractivity contribution in [3.05, 3.63) is 54.1 Å². The highest BCUT2D eigenvalue weighted by Gasteiger charge is 2.29. The van der Waals surface area contributed by atoms with Gasteiger partial charge < -0.3 is 10.1 Å². The molecule has 0 bridgehead atoms. The van der Waals surface area contributed by atoms with E-state index in [9.17, 15) is 13.2 Å². The molecule has 1 N–H and O–H groups in total. The summed E-state index contributed by atoms with van der Waals surface area (Å²) in [5.41, 5.74) is 1.20. The molecule has 0 aromatic heterocycles. The van der Waals surface area contributed by atoms with Gasteiger partial charge in [0.25, 0.3) is 10.0 Å². The van der Waals surface area contributed by atoms with Gasteiger partial charge in [-0.25, -0.2) is 8.42 Å². The Bertz CT molecular complexity index is 851. The van der Waals surface area contributed by atoms with Crippen LogP contribution >= 0.6 is 0 Å². The summed E-state index contributed by atoms with van der Waals surface area (Å²) in [4.78, 5) is 12.4. The molecule has 0 saturated heterocycles. The number of hydrogen-bond donors (Lipinski definition) is 1. The second kappa shape index (κ2) is 8.71. The Labute approximate surface area is 154 Å². The average Bonchev–Trinajstić information content (AvgIpc) is 2.65. The van der Waals surface area contributed by atoms with E-state index in [2.05, 4.69) is 5.32 Å². The van der Waals surface area contributed by atoms with Crippen molar-refractivity contribution in [1.29, 1.82) is 0 Å². The average molecular weight is 376 g/mol. The number of carbonyl (C=O) groups is 1. The molecule has 0 fully saturated rings. The van der Waals surface area contributed by atoms with E-state index in [1.165, 1.54) is 19.2 Å². The molecule has 7 heteroatoms. The van der Waals surface area contributed by atoms with E-state index >= 15 is 0 Å². The van der Waals surface area contributed by atoms with Gasteiger partial charge in [0, 0.05) is 6.54 Å². The molecule has 140 valence electrons. The number of aryl methyl sites for hydroxylation is 1. The van der Waals surface area contributed by atoms with Crippen LogP contribution in [0.25, 0.3) is 0 Å². The molecule has 0 radical (unpaired) electrons. The summed E-state index contributed by atoms with van der Waals surface area (Å²) in [5.74, 6) is 0.0216. The number of nitrogens with one attached hydrogen (secondary N) is 1. The second-order valence-corrected chi connectivity index (χ2v) is 7.71. The smallest absolute Gasteiger partial charge is 0.264 e. The predicted molar refractivity (Wildman–Crippen MR) is 102 cm³/mol. The van der Waals surface area contributed by atoms with Crippen molar-refractivity contribution < 1.29 is 17.9 Å². The molecule has 1 amide bonds. The molecule has 0 unspecified atom stereocenters. The SMILES string of the molecule is CCCNC(=O)CN(c1cc(C)ccc1OC)S(=O)(=O)c1ccccc1. The summed E-state index contributed by atoms with van der Waals surface area (Å²) in [5, 5.41) is 2.72. The van der Waals surface area contributed by atoms with Crippen molar-refractivity contribution in [2.45, 2.75) is 25.2 Å². The maximum Gasteiger partial charge on any atom is 0.264 e. The molecule has 2 rings (SSSR count). The standard InChI is InChI=1S/C19H24N2O4S/c1-4-12-20-19(22)14-21(17-13-15(2)10-11-18(17)25-3)26(23,24)16-8-6-5-7-9-16/h5-11,13H,4,12,14H2,1-3H3,(H,20,22). The second-order valence-electron chi connectivity index (χ2n) is 5.85. The fraction of sp³-hybridized carbons (Fsp3) is 0.316. The molecule has 26 heavy (non-hydrogen) atoms. The van der Waals surface area contributed by atoms with Crippen LogP contribution in [0, 0.1) is 6.92 Å². The van der Waals surface area contributed by atoms with E-state index in [1.54, 1.807) is 30.3 Å². The first-order valence-corrected chi connectivity index (χ1v) is 9.83. The number of benzene rings is 2. The van der Waals surface area contributed by atoms with Gasteiger partial charge in [0.2, 0.25) is 5.91 Å². The minimum Gasteiger partial charge on any atom is -0.495 e. The predicted octanol–water partition coefficient (Wildman–Crippen LogP) is 2.73. The Morgan fingerprint density at radius 3 is 2.46 bits per heavy atom. The number of amides is 1. The molecule has 0 aliphatic heterocycles. The third-order valence-corrected chi connectivity index (χ3v) is 5.57.